The molecule has 0 bridgehead atoms. The van der Waals surface area contributed by atoms with E-state index in [9.17, 15) is 5.11 Å². The van der Waals surface area contributed by atoms with Gasteiger partial charge in [-0.2, -0.15) is 11.8 Å². The van der Waals surface area contributed by atoms with Crippen LogP contribution in [0.15, 0.2) is 36.5 Å². The van der Waals surface area contributed by atoms with Crippen molar-refractivity contribution < 1.29 is 5.11 Å². The number of aromatic nitrogens is 1. The number of para-hydroxylation sites is 1. The second-order valence-electron chi connectivity index (χ2n) is 5.22. The smallest absolute Gasteiger partial charge is 0.0895 e. The highest BCUT2D eigenvalue weighted by Crippen LogP contribution is 2.32. The molecule has 1 aliphatic rings. The van der Waals surface area contributed by atoms with Crippen LogP contribution in [0, 0.1) is 0 Å². The predicted octanol–water partition coefficient (Wildman–Crippen LogP) is 3.94. The van der Waals surface area contributed by atoms with Gasteiger partial charge in [-0.05, 0) is 25.0 Å². The summed E-state index contributed by atoms with van der Waals surface area (Å²) < 4.78 is 0. The summed E-state index contributed by atoms with van der Waals surface area (Å²) in [6.07, 6.45) is 6.74. The van der Waals surface area contributed by atoms with E-state index in [0.717, 1.165) is 27.5 Å². The fraction of sp³-hybridized carbons (Fsp3) is 0.438. The normalized spacial score (nSPS) is 17.9. The minimum absolute atomic E-state index is 0.400. The molecule has 1 fully saturated rings. The Morgan fingerprint density at radius 1 is 1.26 bits per heavy atom. The van der Waals surface area contributed by atoms with Gasteiger partial charge in [-0.1, -0.05) is 31.0 Å². The van der Waals surface area contributed by atoms with Crippen molar-refractivity contribution in [2.24, 2.45) is 0 Å². The number of aliphatic hydroxyl groups is 1. The number of aliphatic hydroxyl groups excluding tert-OH is 1. The number of benzene rings is 1. The Balaban J connectivity index is 1.68. The van der Waals surface area contributed by atoms with Crippen molar-refractivity contribution in [2.75, 3.05) is 5.75 Å². The van der Waals surface area contributed by atoms with E-state index in [2.05, 4.69) is 11.1 Å². The summed E-state index contributed by atoms with van der Waals surface area (Å²) in [6.45, 7) is 0. The largest absolute Gasteiger partial charge is 0.387 e. The average Bonchev–Trinajstić information content (AvgIpc) is 2.97. The van der Waals surface area contributed by atoms with Crippen molar-refractivity contribution in [2.45, 2.75) is 37.0 Å². The maximum atomic E-state index is 10.3. The molecule has 1 aliphatic carbocycles. The monoisotopic (exact) mass is 273 g/mol. The molecular weight excluding hydrogens is 254 g/mol. The average molecular weight is 273 g/mol. The Morgan fingerprint density at radius 2 is 2.05 bits per heavy atom. The molecule has 1 unspecified atom stereocenters. The number of nitrogens with zero attached hydrogens (tertiary/aromatic N) is 1. The molecule has 1 saturated carbocycles. The summed E-state index contributed by atoms with van der Waals surface area (Å²) in [5, 5.41) is 12.1. The number of hydrogen-bond donors (Lipinski definition) is 1. The topological polar surface area (TPSA) is 33.1 Å². The SMILES string of the molecule is OC(CSC1CCCC1)c1cnc2ccccc2c1. The zero-order valence-electron chi connectivity index (χ0n) is 11.0. The first-order valence-electron chi connectivity index (χ1n) is 6.97. The minimum Gasteiger partial charge on any atom is -0.387 e. The highest BCUT2D eigenvalue weighted by molar-refractivity contribution is 7.99. The van der Waals surface area contributed by atoms with Crippen molar-refractivity contribution in [3.8, 4) is 0 Å². The van der Waals surface area contributed by atoms with Gasteiger partial charge in [0.25, 0.3) is 0 Å². The zero-order chi connectivity index (χ0) is 13.1. The third-order valence-corrected chi connectivity index (χ3v) is 5.24. The summed E-state index contributed by atoms with van der Waals surface area (Å²) in [5.74, 6) is 0.782. The maximum absolute atomic E-state index is 10.3. The first-order chi connectivity index (χ1) is 9.33. The summed E-state index contributed by atoms with van der Waals surface area (Å²) in [7, 11) is 0. The van der Waals surface area contributed by atoms with Gasteiger partial charge >= 0.3 is 0 Å². The van der Waals surface area contributed by atoms with E-state index < -0.39 is 6.10 Å². The van der Waals surface area contributed by atoms with E-state index in [0.29, 0.717) is 0 Å². The molecule has 0 radical (unpaired) electrons. The molecule has 19 heavy (non-hydrogen) atoms. The quantitative estimate of drug-likeness (QED) is 0.916. The van der Waals surface area contributed by atoms with Gasteiger partial charge in [0.1, 0.15) is 0 Å². The third-order valence-electron chi connectivity index (χ3n) is 3.79. The van der Waals surface area contributed by atoms with Crippen LogP contribution in [0.1, 0.15) is 37.4 Å². The molecular formula is C16H19NOS. The molecule has 0 aliphatic heterocycles. The number of thioether (sulfide) groups is 1. The van der Waals surface area contributed by atoms with Crippen LogP contribution < -0.4 is 0 Å². The molecule has 1 heterocycles. The van der Waals surface area contributed by atoms with Crippen molar-refractivity contribution in [3.63, 3.8) is 0 Å². The van der Waals surface area contributed by atoms with E-state index in [1.165, 1.54) is 25.7 Å². The van der Waals surface area contributed by atoms with E-state index in [4.69, 9.17) is 0 Å². The van der Waals surface area contributed by atoms with Crippen LogP contribution in [0.5, 0.6) is 0 Å². The number of hydrogen-bond acceptors (Lipinski definition) is 3. The van der Waals surface area contributed by atoms with Crippen LogP contribution in [-0.2, 0) is 0 Å². The van der Waals surface area contributed by atoms with E-state index >= 15 is 0 Å². The summed E-state index contributed by atoms with van der Waals surface area (Å²) in [6, 6.07) is 10.1. The van der Waals surface area contributed by atoms with Gasteiger partial charge in [0.2, 0.25) is 0 Å². The lowest BCUT2D eigenvalue weighted by atomic mass is 10.1. The second-order valence-corrected chi connectivity index (χ2v) is 6.55. The first-order valence-corrected chi connectivity index (χ1v) is 8.02. The van der Waals surface area contributed by atoms with Crippen molar-refractivity contribution in [1.29, 1.82) is 0 Å². The van der Waals surface area contributed by atoms with Crippen LogP contribution >= 0.6 is 11.8 Å². The molecule has 2 nitrogen and oxygen atoms in total. The van der Waals surface area contributed by atoms with E-state index in [1.54, 1.807) is 0 Å². The molecule has 1 N–H and O–H groups in total. The van der Waals surface area contributed by atoms with E-state index in [-0.39, 0.29) is 0 Å². The van der Waals surface area contributed by atoms with Crippen molar-refractivity contribution in [1.82, 2.24) is 4.98 Å². The van der Waals surface area contributed by atoms with Crippen molar-refractivity contribution in [3.05, 3.63) is 42.1 Å². The summed E-state index contributed by atoms with van der Waals surface area (Å²) >= 11 is 1.91. The summed E-state index contributed by atoms with van der Waals surface area (Å²) in [4.78, 5) is 4.41. The Bertz CT molecular complexity index is 551. The second kappa shape index (κ2) is 5.93. The Kier molecular flexibility index (Phi) is 4.04. The lowest BCUT2D eigenvalue weighted by Gasteiger charge is -2.14. The van der Waals surface area contributed by atoms with Gasteiger partial charge < -0.3 is 5.11 Å². The maximum Gasteiger partial charge on any atom is 0.0895 e. The van der Waals surface area contributed by atoms with Gasteiger partial charge in [0, 0.05) is 28.1 Å². The molecule has 1 atom stereocenters. The Morgan fingerprint density at radius 3 is 2.89 bits per heavy atom. The molecule has 100 valence electrons. The Labute approximate surface area is 118 Å². The molecule has 0 spiro atoms. The fourth-order valence-electron chi connectivity index (χ4n) is 2.65. The van der Waals surface area contributed by atoms with Gasteiger partial charge in [0.05, 0.1) is 11.6 Å². The number of rotatable bonds is 4. The van der Waals surface area contributed by atoms with Crippen LogP contribution in [0.4, 0.5) is 0 Å². The standard InChI is InChI=1S/C16H19NOS/c18-16(11-19-14-6-2-3-7-14)13-9-12-5-1-4-8-15(12)17-10-13/h1,4-5,8-10,14,16,18H,2-3,6-7,11H2. The molecule has 1 aromatic carbocycles. The predicted molar refractivity (Wildman–Crippen MR) is 81.4 cm³/mol. The van der Waals surface area contributed by atoms with Gasteiger partial charge in [-0.15, -0.1) is 0 Å². The van der Waals surface area contributed by atoms with Crippen LogP contribution in [0.25, 0.3) is 10.9 Å². The molecule has 3 rings (SSSR count). The molecule has 2 aromatic rings. The van der Waals surface area contributed by atoms with Crippen LogP contribution in [0.2, 0.25) is 0 Å². The first kappa shape index (κ1) is 12.9. The Hall–Kier alpha value is -1.06. The number of fused-ring (bicyclic) bond motifs is 1. The number of pyridine rings is 1. The van der Waals surface area contributed by atoms with Crippen molar-refractivity contribution >= 4 is 22.7 Å². The lowest BCUT2D eigenvalue weighted by Crippen LogP contribution is -2.05. The van der Waals surface area contributed by atoms with Crippen LogP contribution in [-0.4, -0.2) is 21.1 Å². The summed E-state index contributed by atoms with van der Waals surface area (Å²) in [5.41, 5.74) is 1.92. The van der Waals surface area contributed by atoms with Gasteiger partial charge in [-0.25, -0.2) is 0 Å². The van der Waals surface area contributed by atoms with Gasteiger partial charge in [0.15, 0.2) is 0 Å². The zero-order valence-corrected chi connectivity index (χ0v) is 11.8. The highest BCUT2D eigenvalue weighted by Gasteiger charge is 2.17. The van der Waals surface area contributed by atoms with Crippen LogP contribution in [0.3, 0.4) is 0 Å². The van der Waals surface area contributed by atoms with E-state index in [1.807, 2.05) is 42.2 Å². The fourth-order valence-corrected chi connectivity index (χ4v) is 3.96. The third kappa shape index (κ3) is 3.10. The highest BCUT2D eigenvalue weighted by atomic mass is 32.2. The molecule has 0 amide bonds. The molecule has 0 saturated heterocycles. The lowest BCUT2D eigenvalue weighted by molar-refractivity contribution is 0.204. The molecule has 3 heteroatoms. The van der Waals surface area contributed by atoms with Gasteiger partial charge in [-0.3, -0.25) is 4.98 Å². The molecule has 1 aromatic heterocycles. The minimum atomic E-state index is -0.400.